The summed E-state index contributed by atoms with van der Waals surface area (Å²) < 4.78 is 0.222. The number of rotatable bonds is 20. The van der Waals surface area contributed by atoms with E-state index in [0.717, 1.165) is 32.1 Å². The fourth-order valence-corrected chi connectivity index (χ4v) is 4.41. The molecule has 0 aromatic heterocycles. The molecule has 0 saturated carbocycles. The van der Waals surface area contributed by atoms with Crippen LogP contribution in [0.4, 0.5) is 0 Å². The first-order chi connectivity index (χ1) is 15.0. The van der Waals surface area contributed by atoms with E-state index in [1.807, 2.05) is 6.92 Å². The molecule has 3 unspecified atom stereocenters. The van der Waals surface area contributed by atoms with Gasteiger partial charge in [-0.05, 0) is 53.4 Å². The van der Waals surface area contributed by atoms with Crippen molar-refractivity contribution in [3.8, 4) is 0 Å². The molecule has 0 aliphatic carbocycles. The number of quaternary nitrogens is 1. The van der Waals surface area contributed by atoms with Crippen LogP contribution in [0.1, 0.15) is 85.5 Å². The fraction of sp³-hybridized carbons (Fsp3) is 0.800. The number of carboxylic acids is 3. The monoisotopic (exact) mass is 456 g/mol. The van der Waals surface area contributed by atoms with Gasteiger partial charge < -0.3 is 19.8 Å². The Kier molecular flexibility index (Phi) is 15.7. The summed E-state index contributed by atoms with van der Waals surface area (Å²) in [6.07, 6.45) is 14.4. The van der Waals surface area contributed by atoms with Crippen molar-refractivity contribution in [3.63, 3.8) is 0 Å². The first kappa shape index (κ1) is 30.1. The Balaban J connectivity index is 4.91. The van der Waals surface area contributed by atoms with E-state index in [-0.39, 0.29) is 24.1 Å². The van der Waals surface area contributed by atoms with Crippen molar-refractivity contribution in [2.24, 2.45) is 17.8 Å². The molecule has 0 aromatic rings. The molecule has 0 heterocycles. The van der Waals surface area contributed by atoms with Crippen LogP contribution < -0.4 is 0 Å². The normalized spacial score (nSPS) is 16.4. The predicted molar refractivity (Wildman–Crippen MR) is 126 cm³/mol. The van der Waals surface area contributed by atoms with Crippen molar-refractivity contribution >= 4 is 17.9 Å². The third-order valence-electron chi connectivity index (χ3n) is 6.24. The summed E-state index contributed by atoms with van der Waals surface area (Å²) in [4.78, 5) is 34.6. The maximum absolute atomic E-state index is 11.5. The molecule has 32 heavy (non-hydrogen) atoms. The molecule has 0 bridgehead atoms. The number of unbranched alkanes of at least 4 members (excludes halogenated alkanes) is 8. The fourth-order valence-electron chi connectivity index (χ4n) is 4.41. The lowest BCUT2D eigenvalue weighted by molar-refractivity contribution is -0.934. The van der Waals surface area contributed by atoms with Gasteiger partial charge in [-0.25, -0.2) is 0 Å². The molecule has 0 rings (SSSR count). The van der Waals surface area contributed by atoms with Crippen LogP contribution in [0.3, 0.4) is 0 Å². The lowest BCUT2D eigenvalue weighted by atomic mass is 10.00. The summed E-state index contributed by atoms with van der Waals surface area (Å²) >= 11 is 0. The number of nitrogens with zero attached hydrogens (tertiary/aromatic N) is 1. The lowest BCUT2D eigenvalue weighted by Gasteiger charge is -2.42. The van der Waals surface area contributed by atoms with Gasteiger partial charge in [0.05, 0.1) is 26.2 Å². The van der Waals surface area contributed by atoms with Crippen LogP contribution in [-0.4, -0.2) is 63.9 Å². The van der Waals surface area contributed by atoms with E-state index >= 15 is 0 Å². The standard InChI is InChI=1S/C25H45NO6/c1-5-6-7-8-9-10-11-12-13-14-15-16-26(17-20(2)23(27)28,18-21(3)24(29)30)19-22(4)25(31)32/h5-6,20-22H,7-19H2,1-4H3,(H2-,27,28,29,30,31,32)/p+1/b6-5+. The number of aliphatic carboxylic acids is 3. The van der Waals surface area contributed by atoms with Gasteiger partial charge in [-0.15, -0.1) is 0 Å². The Morgan fingerprint density at radius 1 is 0.656 bits per heavy atom. The molecule has 0 radical (unpaired) electrons. The molecule has 0 amide bonds. The van der Waals surface area contributed by atoms with E-state index in [4.69, 9.17) is 0 Å². The number of hydrogen-bond acceptors (Lipinski definition) is 3. The largest absolute Gasteiger partial charge is 0.481 e. The van der Waals surface area contributed by atoms with Gasteiger partial charge in [-0.2, -0.15) is 0 Å². The van der Waals surface area contributed by atoms with Crippen molar-refractivity contribution in [2.45, 2.75) is 85.5 Å². The highest BCUT2D eigenvalue weighted by Gasteiger charge is 2.38. The number of allylic oxidation sites excluding steroid dienone is 2. The summed E-state index contributed by atoms with van der Waals surface area (Å²) in [5.74, 6) is -4.81. The second kappa shape index (κ2) is 16.7. The molecule has 3 N–H and O–H groups in total. The minimum Gasteiger partial charge on any atom is -0.481 e. The minimum atomic E-state index is -0.937. The molecule has 7 nitrogen and oxygen atoms in total. The van der Waals surface area contributed by atoms with Crippen molar-refractivity contribution < 1.29 is 34.2 Å². The third-order valence-corrected chi connectivity index (χ3v) is 6.24. The Hall–Kier alpha value is -1.89. The molecule has 0 saturated heterocycles. The van der Waals surface area contributed by atoms with E-state index in [0.29, 0.717) is 6.54 Å². The molecule has 0 fully saturated rings. The highest BCUT2D eigenvalue weighted by atomic mass is 16.4. The molecule has 3 atom stereocenters. The number of hydrogen-bond donors (Lipinski definition) is 3. The van der Waals surface area contributed by atoms with Crippen LogP contribution in [0.25, 0.3) is 0 Å². The van der Waals surface area contributed by atoms with Crippen LogP contribution in [0.5, 0.6) is 0 Å². The van der Waals surface area contributed by atoms with Gasteiger partial charge in [0.15, 0.2) is 0 Å². The summed E-state index contributed by atoms with van der Waals surface area (Å²) in [5.41, 5.74) is 0. The molecular weight excluding hydrogens is 410 g/mol. The summed E-state index contributed by atoms with van der Waals surface area (Å²) in [6.45, 7) is 8.23. The number of carboxylic acid groups (broad SMARTS) is 3. The zero-order chi connectivity index (χ0) is 24.6. The molecule has 0 aliphatic heterocycles. The van der Waals surface area contributed by atoms with Crippen molar-refractivity contribution in [2.75, 3.05) is 26.2 Å². The Labute approximate surface area is 194 Å². The van der Waals surface area contributed by atoms with Crippen LogP contribution in [-0.2, 0) is 14.4 Å². The second-order valence-corrected chi connectivity index (χ2v) is 9.52. The van der Waals surface area contributed by atoms with Gasteiger partial charge in [0.25, 0.3) is 0 Å². The maximum Gasteiger partial charge on any atom is 0.311 e. The lowest BCUT2D eigenvalue weighted by Crippen LogP contribution is -2.57. The SMILES string of the molecule is C/C=C/CCCCCCCCCC[N+](CC(C)C(=O)O)(CC(C)C(=O)O)CC(C)C(=O)O. The Morgan fingerprint density at radius 3 is 1.34 bits per heavy atom. The van der Waals surface area contributed by atoms with E-state index in [1.54, 1.807) is 20.8 Å². The van der Waals surface area contributed by atoms with Gasteiger partial charge in [0.2, 0.25) is 0 Å². The zero-order valence-electron chi connectivity index (χ0n) is 20.6. The average Bonchev–Trinajstić information content (AvgIpc) is 2.71. The van der Waals surface area contributed by atoms with Gasteiger partial charge in [-0.3, -0.25) is 14.4 Å². The highest BCUT2D eigenvalue weighted by Crippen LogP contribution is 2.22. The van der Waals surface area contributed by atoms with Crippen LogP contribution in [0.15, 0.2) is 12.2 Å². The van der Waals surface area contributed by atoms with Crippen LogP contribution >= 0.6 is 0 Å². The summed E-state index contributed by atoms with van der Waals surface area (Å²) in [5, 5.41) is 28.3. The van der Waals surface area contributed by atoms with Gasteiger partial charge in [0, 0.05) is 0 Å². The smallest absolute Gasteiger partial charge is 0.311 e. The molecular formula is C25H46NO6+. The van der Waals surface area contributed by atoms with Gasteiger partial charge >= 0.3 is 17.9 Å². The quantitative estimate of drug-likeness (QED) is 0.134. The molecule has 0 spiro atoms. The molecule has 7 heteroatoms. The topological polar surface area (TPSA) is 112 Å². The average molecular weight is 457 g/mol. The first-order valence-corrected chi connectivity index (χ1v) is 12.2. The first-order valence-electron chi connectivity index (χ1n) is 12.2. The Morgan fingerprint density at radius 2 is 1.00 bits per heavy atom. The molecule has 0 aliphatic rings. The van der Waals surface area contributed by atoms with Crippen molar-refractivity contribution in [1.29, 1.82) is 0 Å². The zero-order valence-corrected chi connectivity index (χ0v) is 20.6. The minimum absolute atomic E-state index is 0.222. The summed E-state index contributed by atoms with van der Waals surface area (Å²) in [7, 11) is 0. The molecule has 0 aromatic carbocycles. The predicted octanol–water partition coefficient (Wildman–Crippen LogP) is 5.05. The van der Waals surface area contributed by atoms with Crippen LogP contribution in [0.2, 0.25) is 0 Å². The Bertz CT molecular complexity index is 534. The van der Waals surface area contributed by atoms with E-state index in [9.17, 15) is 29.7 Å². The van der Waals surface area contributed by atoms with Gasteiger partial charge in [0.1, 0.15) is 17.8 Å². The third kappa shape index (κ3) is 13.5. The maximum atomic E-state index is 11.5. The van der Waals surface area contributed by atoms with Crippen molar-refractivity contribution in [1.82, 2.24) is 0 Å². The van der Waals surface area contributed by atoms with Crippen LogP contribution in [0, 0.1) is 17.8 Å². The van der Waals surface area contributed by atoms with Crippen molar-refractivity contribution in [3.05, 3.63) is 12.2 Å². The van der Waals surface area contributed by atoms with E-state index < -0.39 is 35.7 Å². The summed E-state index contributed by atoms with van der Waals surface area (Å²) in [6, 6.07) is 0. The van der Waals surface area contributed by atoms with E-state index in [2.05, 4.69) is 12.2 Å². The molecule has 186 valence electrons. The number of carbonyl (C=O) groups is 3. The van der Waals surface area contributed by atoms with Gasteiger partial charge in [-0.1, -0.05) is 44.3 Å². The second-order valence-electron chi connectivity index (χ2n) is 9.52. The van der Waals surface area contributed by atoms with E-state index in [1.165, 1.54) is 25.7 Å². The highest BCUT2D eigenvalue weighted by molar-refractivity contribution is 5.70.